The van der Waals surface area contributed by atoms with Crippen LogP contribution in [0.1, 0.15) is 27.0 Å². The second-order valence-electron chi connectivity index (χ2n) is 4.58. The van der Waals surface area contributed by atoms with Crippen LogP contribution in [0, 0.1) is 26.6 Å². The number of aldehydes is 1. The zero-order valence-corrected chi connectivity index (χ0v) is 10.8. The zero-order valence-electron chi connectivity index (χ0n) is 10.8. The molecule has 0 N–H and O–H groups in total. The van der Waals surface area contributed by atoms with Gasteiger partial charge in [-0.3, -0.25) is 4.79 Å². The SMILES string of the molecule is Cc1cccc(-c2cc(C)c(C=O)c(C)c2)c1F. The van der Waals surface area contributed by atoms with Gasteiger partial charge in [-0.05, 0) is 43.0 Å². The Bertz CT molecular complexity index is 591. The average Bonchev–Trinajstić information content (AvgIpc) is 2.32. The maximum absolute atomic E-state index is 14.1. The van der Waals surface area contributed by atoms with Crippen molar-refractivity contribution in [2.75, 3.05) is 0 Å². The summed E-state index contributed by atoms with van der Waals surface area (Å²) in [4.78, 5) is 10.9. The predicted molar refractivity (Wildman–Crippen MR) is 71.4 cm³/mol. The third kappa shape index (κ3) is 2.06. The van der Waals surface area contributed by atoms with Crippen LogP contribution in [0.25, 0.3) is 11.1 Å². The molecule has 0 saturated heterocycles. The number of rotatable bonds is 2. The minimum Gasteiger partial charge on any atom is -0.298 e. The Labute approximate surface area is 106 Å². The molecule has 2 aromatic carbocycles. The van der Waals surface area contributed by atoms with E-state index in [4.69, 9.17) is 0 Å². The van der Waals surface area contributed by atoms with E-state index < -0.39 is 0 Å². The first-order valence-corrected chi connectivity index (χ1v) is 5.86. The molecule has 2 rings (SSSR count). The Morgan fingerprint density at radius 3 is 2.17 bits per heavy atom. The van der Waals surface area contributed by atoms with Crippen LogP contribution in [0.15, 0.2) is 30.3 Å². The smallest absolute Gasteiger partial charge is 0.150 e. The number of halogens is 1. The number of carbonyl (C=O) groups is 1. The van der Waals surface area contributed by atoms with Crippen molar-refractivity contribution in [2.45, 2.75) is 20.8 Å². The molecule has 2 aromatic rings. The van der Waals surface area contributed by atoms with Crippen LogP contribution < -0.4 is 0 Å². The molecule has 0 saturated carbocycles. The van der Waals surface area contributed by atoms with E-state index in [1.807, 2.05) is 32.0 Å². The lowest BCUT2D eigenvalue weighted by atomic mass is 9.95. The quantitative estimate of drug-likeness (QED) is 0.720. The van der Waals surface area contributed by atoms with Crippen molar-refractivity contribution in [3.63, 3.8) is 0 Å². The van der Waals surface area contributed by atoms with Crippen molar-refractivity contribution in [1.29, 1.82) is 0 Å². The van der Waals surface area contributed by atoms with E-state index in [1.54, 1.807) is 19.1 Å². The number of hydrogen-bond acceptors (Lipinski definition) is 1. The molecule has 0 aliphatic heterocycles. The molecular weight excluding hydrogens is 227 g/mol. The van der Waals surface area contributed by atoms with Gasteiger partial charge in [0.15, 0.2) is 6.29 Å². The molecule has 0 atom stereocenters. The summed E-state index contributed by atoms with van der Waals surface area (Å²) in [5, 5.41) is 0. The van der Waals surface area contributed by atoms with Gasteiger partial charge >= 0.3 is 0 Å². The van der Waals surface area contributed by atoms with E-state index in [0.29, 0.717) is 16.7 Å². The zero-order chi connectivity index (χ0) is 13.3. The van der Waals surface area contributed by atoms with Crippen molar-refractivity contribution in [3.8, 4) is 11.1 Å². The lowest BCUT2D eigenvalue weighted by Gasteiger charge is -2.10. The molecule has 0 aliphatic rings. The molecule has 0 aliphatic carbocycles. The Morgan fingerprint density at radius 1 is 1.00 bits per heavy atom. The van der Waals surface area contributed by atoms with E-state index in [-0.39, 0.29) is 5.82 Å². The van der Waals surface area contributed by atoms with Crippen LogP contribution >= 0.6 is 0 Å². The normalized spacial score (nSPS) is 10.4. The third-order valence-corrected chi connectivity index (χ3v) is 3.21. The molecule has 0 heterocycles. The van der Waals surface area contributed by atoms with E-state index in [2.05, 4.69) is 0 Å². The molecule has 0 fully saturated rings. The second kappa shape index (κ2) is 4.73. The first-order valence-electron chi connectivity index (χ1n) is 5.86. The number of aryl methyl sites for hydroxylation is 3. The molecule has 0 bridgehead atoms. The van der Waals surface area contributed by atoms with Gasteiger partial charge in [-0.1, -0.05) is 30.3 Å². The highest BCUT2D eigenvalue weighted by atomic mass is 19.1. The first kappa shape index (κ1) is 12.5. The van der Waals surface area contributed by atoms with Crippen molar-refractivity contribution < 1.29 is 9.18 Å². The summed E-state index contributed by atoms with van der Waals surface area (Å²) in [5.74, 6) is -0.199. The van der Waals surface area contributed by atoms with Gasteiger partial charge in [0.05, 0.1) is 0 Å². The fourth-order valence-electron chi connectivity index (χ4n) is 2.19. The summed E-state index contributed by atoms with van der Waals surface area (Å²) in [6.07, 6.45) is 0.848. The summed E-state index contributed by atoms with van der Waals surface area (Å²) in [5.41, 5.74) is 4.46. The van der Waals surface area contributed by atoms with Crippen molar-refractivity contribution in [1.82, 2.24) is 0 Å². The van der Waals surface area contributed by atoms with E-state index >= 15 is 0 Å². The lowest BCUT2D eigenvalue weighted by Crippen LogP contribution is -1.95. The highest BCUT2D eigenvalue weighted by Crippen LogP contribution is 2.28. The van der Waals surface area contributed by atoms with Gasteiger partial charge in [-0.2, -0.15) is 0 Å². The summed E-state index contributed by atoms with van der Waals surface area (Å²) < 4.78 is 14.1. The van der Waals surface area contributed by atoms with Gasteiger partial charge in [-0.15, -0.1) is 0 Å². The van der Waals surface area contributed by atoms with Gasteiger partial charge in [0.2, 0.25) is 0 Å². The molecule has 0 spiro atoms. The van der Waals surface area contributed by atoms with Crippen LogP contribution in [-0.4, -0.2) is 6.29 Å². The second-order valence-corrected chi connectivity index (χ2v) is 4.58. The standard InChI is InChI=1S/C16H15FO/c1-10-5-4-6-14(16(10)17)13-7-11(2)15(9-18)12(3)8-13/h4-9H,1-3H3. The highest BCUT2D eigenvalue weighted by Gasteiger charge is 2.10. The van der Waals surface area contributed by atoms with Gasteiger partial charge in [-0.25, -0.2) is 4.39 Å². The molecule has 0 unspecified atom stereocenters. The molecule has 92 valence electrons. The molecule has 1 nitrogen and oxygen atoms in total. The first-order chi connectivity index (χ1) is 8.54. The fourth-order valence-corrected chi connectivity index (χ4v) is 2.19. The molecule has 0 amide bonds. The minimum absolute atomic E-state index is 0.199. The van der Waals surface area contributed by atoms with Gasteiger partial charge < -0.3 is 0 Å². The average molecular weight is 242 g/mol. The Kier molecular flexibility index (Phi) is 3.28. The monoisotopic (exact) mass is 242 g/mol. The molecule has 0 radical (unpaired) electrons. The fraction of sp³-hybridized carbons (Fsp3) is 0.188. The number of carbonyl (C=O) groups excluding carboxylic acids is 1. The van der Waals surface area contributed by atoms with E-state index in [9.17, 15) is 9.18 Å². The largest absolute Gasteiger partial charge is 0.298 e. The summed E-state index contributed by atoms with van der Waals surface area (Å²) in [7, 11) is 0. The topological polar surface area (TPSA) is 17.1 Å². The number of hydrogen-bond donors (Lipinski definition) is 0. The van der Waals surface area contributed by atoms with Crippen LogP contribution in [0.4, 0.5) is 4.39 Å². The maximum atomic E-state index is 14.1. The molecule has 0 aromatic heterocycles. The van der Waals surface area contributed by atoms with Gasteiger partial charge in [0, 0.05) is 11.1 Å². The van der Waals surface area contributed by atoms with E-state index in [1.165, 1.54) is 0 Å². The highest BCUT2D eigenvalue weighted by molar-refractivity contribution is 5.82. The van der Waals surface area contributed by atoms with E-state index in [0.717, 1.165) is 23.0 Å². The van der Waals surface area contributed by atoms with Gasteiger partial charge in [0.25, 0.3) is 0 Å². The molecular formula is C16H15FO. The molecule has 2 heteroatoms. The maximum Gasteiger partial charge on any atom is 0.150 e. The lowest BCUT2D eigenvalue weighted by molar-refractivity contribution is 0.112. The Hall–Kier alpha value is -1.96. The summed E-state index contributed by atoms with van der Waals surface area (Å²) >= 11 is 0. The summed E-state index contributed by atoms with van der Waals surface area (Å²) in [6, 6.07) is 9.06. The van der Waals surface area contributed by atoms with Crippen LogP contribution in [0.3, 0.4) is 0 Å². The Balaban J connectivity index is 2.65. The summed E-state index contributed by atoms with van der Waals surface area (Å²) in [6.45, 7) is 5.49. The van der Waals surface area contributed by atoms with Crippen LogP contribution in [0.5, 0.6) is 0 Å². The minimum atomic E-state index is -0.199. The third-order valence-electron chi connectivity index (χ3n) is 3.21. The van der Waals surface area contributed by atoms with Crippen molar-refractivity contribution >= 4 is 6.29 Å². The Morgan fingerprint density at radius 2 is 1.61 bits per heavy atom. The van der Waals surface area contributed by atoms with Crippen LogP contribution in [0.2, 0.25) is 0 Å². The molecule has 18 heavy (non-hydrogen) atoms. The predicted octanol–water partition coefficient (Wildman–Crippen LogP) is 4.23. The van der Waals surface area contributed by atoms with Crippen LogP contribution in [-0.2, 0) is 0 Å². The van der Waals surface area contributed by atoms with Crippen molar-refractivity contribution in [2.24, 2.45) is 0 Å². The van der Waals surface area contributed by atoms with Crippen molar-refractivity contribution in [3.05, 3.63) is 58.4 Å². The van der Waals surface area contributed by atoms with Gasteiger partial charge in [0.1, 0.15) is 5.82 Å². The number of benzene rings is 2.